The molecule has 1 aromatic rings. The van der Waals surface area contributed by atoms with Gasteiger partial charge in [-0.15, -0.1) is 0 Å². The van der Waals surface area contributed by atoms with Crippen molar-refractivity contribution in [2.75, 3.05) is 26.7 Å². The van der Waals surface area contributed by atoms with Gasteiger partial charge in [0.15, 0.2) is 0 Å². The lowest BCUT2D eigenvalue weighted by molar-refractivity contribution is -0.130. The molecule has 0 heterocycles. The van der Waals surface area contributed by atoms with E-state index in [2.05, 4.69) is 0 Å². The zero-order valence-electron chi connectivity index (χ0n) is 12.7. The van der Waals surface area contributed by atoms with Crippen LogP contribution in [-0.2, 0) is 14.8 Å². The van der Waals surface area contributed by atoms with E-state index in [1.165, 1.54) is 18.0 Å². The third-order valence-electron chi connectivity index (χ3n) is 3.25. The van der Waals surface area contributed by atoms with Crippen molar-refractivity contribution in [1.82, 2.24) is 9.21 Å². The van der Waals surface area contributed by atoms with Crippen LogP contribution in [0.1, 0.15) is 19.4 Å². The minimum atomic E-state index is -4.13. The maximum atomic E-state index is 13.6. The Kier molecular flexibility index (Phi) is 6.02. The van der Waals surface area contributed by atoms with Gasteiger partial charge in [-0.25, -0.2) is 12.8 Å². The second kappa shape index (κ2) is 7.33. The summed E-state index contributed by atoms with van der Waals surface area (Å²) in [4.78, 5) is 13.0. The fraction of sp³-hybridized carbons (Fsp3) is 0.429. The normalized spacial score (nSPS) is 11.3. The summed E-state index contributed by atoms with van der Waals surface area (Å²) in [7, 11) is -2.90. The van der Waals surface area contributed by atoms with Crippen molar-refractivity contribution < 1.29 is 17.6 Å². The third-order valence-corrected chi connectivity index (χ3v) is 5.10. The molecule has 1 amide bonds. The first-order valence-corrected chi connectivity index (χ1v) is 8.16. The molecule has 0 radical (unpaired) electrons. The Bertz CT molecular complexity index is 694. The SMILES string of the molecule is CCN(CC)C(=O)CN(C)S(=O)(=O)c1cccc(F)c1C#N. The highest BCUT2D eigenvalue weighted by molar-refractivity contribution is 7.89. The number of carbonyl (C=O) groups excluding carboxylic acids is 1. The fourth-order valence-electron chi connectivity index (χ4n) is 1.95. The Hall–Kier alpha value is -1.98. The highest BCUT2D eigenvalue weighted by Crippen LogP contribution is 2.21. The van der Waals surface area contributed by atoms with Crippen LogP contribution in [0, 0.1) is 17.1 Å². The fourth-order valence-corrected chi connectivity index (χ4v) is 3.22. The molecule has 0 aliphatic heterocycles. The molecule has 0 saturated heterocycles. The Balaban J connectivity index is 3.13. The molecule has 1 aromatic carbocycles. The summed E-state index contributed by atoms with van der Waals surface area (Å²) in [5.41, 5.74) is -0.551. The van der Waals surface area contributed by atoms with Crippen LogP contribution in [0.5, 0.6) is 0 Å². The molecule has 8 heteroatoms. The standard InChI is InChI=1S/C14H18FN3O3S/c1-4-18(5-2)14(19)10-17(3)22(20,21)13-8-6-7-12(15)11(13)9-16/h6-8H,4-5,10H2,1-3H3. The quantitative estimate of drug-likeness (QED) is 0.786. The second-order valence-corrected chi connectivity index (χ2v) is 6.57. The molecule has 120 valence electrons. The van der Waals surface area contributed by atoms with Crippen molar-refractivity contribution in [3.8, 4) is 6.07 Å². The molecule has 0 unspecified atom stereocenters. The van der Waals surface area contributed by atoms with Crippen LogP contribution in [0.4, 0.5) is 4.39 Å². The van der Waals surface area contributed by atoms with Crippen molar-refractivity contribution in [3.05, 3.63) is 29.6 Å². The number of benzene rings is 1. The molecule has 6 nitrogen and oxygen atoms in total. The number of nitriles is 1. The van der Waals surface area contributed by atoms with Crippen LogP contribution in [0.15, 0.2) is 23.1 Å². The second-order valence-electron chi connectivity index (χ2n) is 4.55. The van der Waals surface area contributed by atoms with E-state index in [0.29, 0.717) is 13.1 Å². The molecule has 0 aromatic heterocycles. The summed E-state index contributed by atoms with van der Waals surface area (Å²) >= 11 is 0. The van der Waals surface area contributed by atoms with Crippen LogP contribution in [0.25, 0.3) is 0 Å². The lowest BCUT2D eigenvalue weighted by atomic mass is 10.2. The summed E-state index contributed by atoms with van der Waals surface area (Å²) < 4.78 is 39.3. The molecule has 0 bridgehead atoms. The molecule has 0 spiro atoms. The van der Waals surface area contributed by atoms with E-state index >= 15 is 0 Å². The average molecular weight is 327 g/mol. The smallest absolute Gasteiger partial charge is 0.244 e. The van der Waals surface area contributed by atoms with Gasteiger partial charge in [-0.2, -0.15) is 9.57 Å². The molecule has 22 heavy (non-hydrogen) atoms. The van der Waals surface area contributed by atoms with Gasteiger partial charge in [0, 0.05) is 20.1 Å². The molecule has 0 aliphatic rings. The minimum absolute atomic E-state index is 0.356. The van der Waals surface area contributed by atoms with Gasteiger partial charge in [0.05, 0.1) is 6.54 Å². The van der Waals surface area contributed by atoms with Crippen LogP contribution < -0.4 is 0 Å². The van der Waals surface area contributed by atoms with Gasteiger partial charge in [-0.05, 0) is 26.0 Å². The van der Waals surface area contributed by atoms with Crippen molar-refractivity contribution in [1.29, 1.82) is 5.26 Å². The number of amides is 1. The van der Waals surface area contributed by atoms with Crippen molar-refractivity contribution >= 4 is 15.9 Å². The maximum Gasteiger partial charge on any atom is 0.244 e. The topological polar surface area (TPSA) is 81.5 Å². The van der Waals surface area contributed by atoms with Crippen molar-refractivity contribution in [2.45, 2.75) is 18.7 Å². The van der Waals surface area contributed by atoms with E-state index in [-0.39, 0.29) is 12.5 Å². The van der Waals surface area contributed by atoms with Gasteiger partial charge in [0.1, 0.15) is 22.3 Å². The predicted molar refractivity (Wildman–Crippen MR) is 78.9 cm³/mol. The Morgan fingerprint density at radius 1 is 1.32 bits per heavy atom. The number of nitrogens with zero attached hydrogens (tertiary/aromatic N) is 3. The largest absolute Gasteiger partial charge is 0.342 e. The third kappa shape index (κ3) is 3.61. The van der Waals surface area contributed by atoms with Gasteiger partial charge in [0.2, 0.25) is 15.9 Å². The van der Waals surface area contributed by atoms with E-state index in [9.17, 15) is 17.6 Å². The first-order valence-electron chi connectivity index (χ1n) is 6.72. The molecule has 0 saturated carbocycles. The van der Waals surface area contributed by atoms with E-state index in [1.54, 1.807) is 19.9 Å². The number of halogens is 1. The first-order chi connectivity index (χ1) is 10.3. The first kappa shape index (κ1) is 18.1. The van der Waals surface area contributed by atoms with E-state index in [1.807, 2.05) is 0 Å². The number of likely N-dealkylation sites (N-methyl/N-ethyl adjacent to an activating group) is 2. The number of carbonyl (C=O) groups is 1. The lowest BCUT2D eigenvalue weighted by Gasteiger charge is -2.23. The van der Waals surface area contributed by atoms with Crippen molar-refractivity contribution in [2.24, 2.45) is 0 Å². The number of hydrogen-bond donors (Lipinski definition) is 0. The molecule has 0 atom stereocenters. The van der Waals surface area contributed by atoms with Gasteiger partial charge in [-0.3, -0.25) is 4.79 Å². The maximum absolute atomic E-state index is 13.6. The van der Waals surface area contributed by atoms with Crippen LogP contribution in [0.3, 0.4) is 0 Å². The van der Waals surface area contributed by atoms with Gasteiger partial charge in [0.25, 0.3) is 0 Å². The summed E-state index contributed by atoms with van der Waals surface area (Å²) in [5.74, 6) is -1.27. The minimum Gasteiger partial charge on any atom is -0.342 e. The molecule has 0 fully saturated rings. The van der Waals surface area contributed by atoms with Crippen LogP contribution >= 0.6 is 0 Å². The summed E-state index contributed by atoms with van der Waals surface area (Å²) in [6.45, 7) is 4.14. The van der Waals surface area contributed by atoms with Gasteiger partial charge < -0.3 is 4.90 Å². The molecule has 0 aliphatic carbocycles. The van der Waals surface area contributed by atoms with Gasteiger partial charge >= 0.3 is 0 Å². The number of sulfonamides is 1. The highest BCUT2D eigenvalue weighted by Gasteiger charge is 2.28. The summed E-state index contributed by atoms with van der Waals surface area (Å²) in [6, 6.07) is 4.92. The van der Waals surface area contributed by atoms with E-state index < -0.39 is 26.3 Å². The average Bonchev–Trinajstić information content (AvgIpc) is 2.48. The Morgan fingerprint density at radius 2 is 1.91 bits per heavy atom. The molecular weight excluding hydrogens is 309 g/mol. The van der Waals surface area contributed by atoms with Crippen molar-refractivity contribution in [3.63, 3.8) is 0 Å². The highest BCUT2D eigenvalue weighted by atomic mass is 32.2. The Morgan fingerprint density at radius 3 is 2.41 bits per heavy atom. The predicted octanol–water partition coefficient (Wildman–Crippen LogP) is 1.19. The van der Waals surface area contributed by atoms with Crippen LogP contribution in [0.2, 0.25) is 0 Å². The summed E-state index contributed by atoms with van der Waals surface area (Å²) in [6.07, 6.45) is 0. The monoisotopic (exact) mass is 327 g/mol. The van der Waals surface area contributed by atoms with E-state index in [4.69, 9.17) is 5.26 Å². The molecule has 1 rings (SSSR count). The van der Waals surface area contributed by atoms with E-state index in [0.717, 1.165) is 16.4 Å². The molecular formula is C14H18FN3O3S. The zero-order chi connectivity index (χ0) is 16.9. The number of hydrogen-bond acceptors (Lipinski definition) is 4. The zero-order valence-corrected chi connectivity index (χ0v) is 13.5. The molecule has 0 N–H and O–H groups in total. The van der Waals surface area contributed by atoms with Gasteiger partial charge in [-0.1, -0.05) is 6.07 Å². The summed E-state index contributed by atoms with van der Waals surface area (Å²) in [5, 5.41) is 8.94. The Labute approximate surface area is 129 Å². The number of rotatable bonds is 6. The lowest BCUT2D eigenvalue weighted by Crippen LogP contribution is -2.41. The van der Waals surface area contributed by atoms with Crippen LogP contribution in [-0.4, -0.2) is 50.2 Å².